The number of hydrogen-bond acceptors (Lipinski definition) is 3. The van der Waals surface area contributed by atoms with Crippen molar-refractivity contribution >= 4 is 11.8 Å². The van der Waals surface area contributed by atoms with Crippen LogP contribution in [0.4, 0.5) is 0 Å². The molecular formula is C24H25N3O3. The van der Waals surface area contributed by atoms with Gasteiger partial charge in [0.15, 0.2) is 0 Å². The molecule has 0 spiro atoms. The van der Waals surface area contributed by atoms with E-state index in [0.717, 1.165) is 16.7 Å². The molecule has 154 valence electrons. The highest BCUT2D eigenvalue weighted by atomic mass is 16.2. The van der Waals surface area contributed by atoms with Gasteiger partial charge in [-0.05, 0) is 35.7 Å². The summed E-state index contributed by atoms with van der Waals surface area (Å²) >= 11 is 0. The van der Waals surface area contributed by atoms with Crippen LogP contribution in [0, 0.1) is 6.92 Å². The van der Waals surface area contributed by atoms with E-state index in [1.54, 1.807) is 22.9 Å². The molecule has 6 heteroatoms. The van der Waals surface area contributed by atoms with Crippen LogP contribution in [0.3, 0.4) is 0 Å². The summed E-state index contributed by atoms with van der Waals surface area (Å²) in [5.74, 6) is -0.297. The van der Waals surface area contributed by atoms with E-state index < -0.39 is 0 Å². The normalized spacial score (nSPS) is 10.4. The van der Waals surface area contributed by atoms with Gasteiger partial charge in [-0.1, -0.05) is 48.5 Å². The highest BCUT2D eigenvalue weighted by molar-refractivity contribution is 5.95. The van der Waals surface area contributed by atoms with E-state index in [1.807, 2.05) is 55.5 Å². The number of aromatic nitrogens is 1. The number of pyridine rings is 1. The number of nitrogens with one attached hydrogen (secondary N) is 2. The largest absolute Gasteiger partial charge is 0.352 e. The molecule has 3 rings (SSSR count). The quantitative estimate of drug-likeness (QED) is 0.607. The lowest BCUT2D eigenvalue weighted by molar-refractivity contribution is -0.121. The zero-order valence-electron chi connectivity index (χ0n) is 16.9. The van der Waals surface area contributed by atoms with Gasteiger partial charge in [0.25, 0.3) is 11.5 Å². The Bertz CT molecular complexity index is 1070. The van der Waals surface area contributed by atoms with Gasteiger partial charge in [0.05, 0.1) is 6.54 Å². The first-order valence-electron chi connectivity index (χ1n) is 9.87. The number of carbonyl (C=O) groups is 2. The second-order valence-corrected chi connectivity index (χ2v) is 7.08. The molecule has 6 nitrogen and oxygen atoms in total. The average molecular weight is 403 g/mol. The molecule has 30 heavy (non-hydrogen) atoms. The van der Waals surface area contributed by atoms with Crippen LogP contribution in [0.15, 0.2) is 77.7 Å². The zero-order chi connectivity index (χ0) is 21.3. The lowest BCUT2D eigenvalue weighted by atomic mass is 10.1. The Kier molecular flexibility index (Phi) is 7.16. The van der Waals surface area contributed by atoms with Gasteiger partial charge >= 0.3 is 0 Å². The first-order chi connectivity index (χ1) is 14.5. The Hall–Kier alpha value is -3.67. The Morgan fingerprint density at radius 2 is 1.57 bits per heavy atom. The van der Waals surface area contributed by atoms with Crippen molar-refractivity contribution in [2.75, 3.05) is 6.54 Å². The van der Waals surface area contributed by atoms with E-state index >= 15 is 0 Å². The summed E-state index contributed by atoms with van der Waals surface area (Å²) in [4.78, 5) is 36.0. The van der Waals surface area contributed by atoms with Crippen LogP contribution in [0.25, 0.3) is 0 Å². The molecule has 2 amide bonds. The summed E-state index contributed by atoms with van der Waals surface area (Å²) < 4.78 is 1.64. The van der Waals surface area contributed by atoms with Gasteiger partial charge < -0.3 is 15.2 Å². The molecule has 2 aromatic carbocycles. The number of amides is 2. The molecule has 0 fully saturated rings. The number of hydrogen-bond donors (Lipinski definition) is 2. The smallest absolute Gasteiger partial charge is 0.251 e. The molecule has 3 aromatic rings. The van der Waals surface area contributed by atoms with Gasteiger partial charge in [0.2, 0.25) is 5.91 Å². The van der Waals surface area contributed by atoms with Crippen LogP contribution in [0.2, 0.25) is 0 Å². The Morgan fingerprint density at radius 1 is 0.867 bits per heavy atom. The third kappa shape index (κ3) is 5.91. The fraction of sp³-hybridized carbons (Fsp3) is 0.208. The van der Waals surface area contributed by atoms with Crippen molar-refractivity contribution in [1.82, 2.24) is 15.2 Å². The minimum absolute atomic E-state index is 0.0386. The standard InChI is InChI=1S/C24H25N3O3/c1-18-6-2-3-7-21(18)24(30)25-14-13-22(28)26-16-19-9-11-20(12-10-19)17-27-15-5-4-8-23(27)29/h2-12,15H,13-14,16-17H2,1H3,(H,25,30)(H,26,28). The number of rotatable bonds is 8. The molecular weight excluding hydrogens is 378 g/mol. The topological polar surface area (TPSA) is 80.2 Å². The fourth-order valence-electron chi connectivity index (χ4n) is 3.05. The van der Waals surface area contributed by atoms with E-state index in [2.05, 4.69) is 10.6 Å². The molecule has 0 saturated heterocycles. The Labute approximate surface area is 175 Å². The van der Waals surface area contributed by atoms with Crippen molar-refractivity contribution < 1.29 is 9.59 Å². The molecule has 1 heterocycles. The maximum atomic E-state index is 12.1. The number of benzene rings is 2. The van der Waals surface area contributed by atoms with Gasteiger partial charge in [0.1, 0.15) is 0 Å². The van der Waals surface area contributed by atoms with E-state index in [1.165, 1.54) is 6.07 Å². The third-order valence-electron chi connectivity index (χ3n) is 4.79. The third-order valence-corrected chi connectivity index (χ3v) is 4.79. The molecule has 0 saturated carbocycles. The highest BCUT2D eigenvalue weighted by Gasteiger charge is 2.08. The number of nitrogens with zero attached hydrogens (tertiary/aromatic N) is 1. The second-order valence-electron chi connectivity index (χ2n) is 7.08. The molecule has 0 bridgehead atoms. The van der Waals surface area contributed by atoms with Gasteiger partial charge in [-0.3, -0.25) is 14.4 Å². The predicted octanol–water partition coefficient (Wildman–Crippen LogP) is 2.64. The zero-order valence-corrected chi connectivity index (χ0v) is 16.9. The molecule has 0 aliphatic carbocycles. The van der Waals surface area contributed by atoms with Crippen molar-refractivity contribution in [1.29, 1.82) is 0 Å². The van der Waals surface area contributed by atoms with Crippen molar-refractivity contribution in [3.05, 3.63) is 106 Å². The summed E-state index contributed by atoms with van der Waals surface area (Å²) in [6.07, 6.45) is 1.97. The van der Waals surface area contributed by atoms with Crippen molar-refractivity contribution in [2.24, 2.45) is 0 Å². The van der Waals surface area contributed by atoms with Crippen LogP contribution >= 0.6 is 0 Å². The van der Waals surface area contributed by atoms with Crippen molar-refractivity contribution in [3.63, 3.8) is 0 Å². The molecule has 0 unspecified atom stereocenters. The molecule has 1 aromatic heterocycles. The first kappa shape index (κ1) is 21.0. The van der Waals surface area contributed by atoms with Crippen LogP contribution in [-0.4, -0.2) is 22.9 Å². The van der Waals surface area contributed by atoms with Gasteiger partial charge in [-0.25, -0.2) is 0 Å². The van der Waals surface area contributed by atoms with Gasteiger partial charge in [-0.2, -0.15) is 0 Å². The summed E-state index contributed by atoms with van der Waals surface area (Å²) in [6.45, 7) is 3.08. The van der Waals surface area contributed by atoms with E-state index in [9.17, 15) is 14.4 Å². The summed E-state index contributed by atoms with van der Waals surface area (Å²) in [7, 11) is 0. The molecule has 0 aliphatic heterocycles. The van der Waals surface area contributed by atoms with E-state index in [-0.39, 0.29) is 30.3 Å². The van der Waals surface area contributed by atoms with Crippen LogP contribution < -0.4 is 16.2 Å². The minimum atomic E-state index is -0.172. The summed E-state index contributed by atoms with van der Waals surface area (Å²) in [5, 5.41) is 5.63. The SMILES string of the molecule is Cc1ccccc1C(=O)NCCC(=O)NCc1ccc(Cn2ccccc2=O)cc1. The van der Waals surface area contributed by atoms with Crippen LogP contribution in [-0.2, 0) is 17.9 Å². The van der Waals surface area contributed by atoms with E-state index in [4.69, 9.17) is 0 Å². The second kappa shape index (κ2) is 10.2. The maximum absolute atomic E-state index is 12.1. The van der Waals surface area contributed by atoms with Crippen LogP contribution in [0.5, 0.6) is 0 Å². The summed E-state index contributed by atoms with van der Waals surface area (Å²) in [6, 6.07) is 20.2. The average Bonchev–Trinajstić information content (AvgIpc) is 2.75. The highest BCUT2D eigenvalue weighted by Crippen LogP contribution is 2.07. The first-order valence-corrected chi connectivity index (χ1v) is 9.87. The Balaban J connectivity index is 1.41. The van der Waals surface area contributed by atoms with Crippen LogP contribution in [0.1, 0.15) is 33.5 Å². The maximum Gasteiger partial charge on any atom is 0.251 e. The number of carbonyl (C=O) groups excluding carboxylic acids is 2. The molecule has 2 N–H and O–H groups in total. The predicted molar refractivity (Wildman–Crippen MR) is 116 cm³/mol. The monoisotopic (exact) mass is 403 g/mol. The lowest BCUT2D eigenvalue weighted by Gasteiger charge is -2.09. The molecule has 0 radical (unpaired) electrons. The van der Waals surface area contributed by atoms with Gasteiger partial charge in [-0.15, -0.1) is 0 Å². The Morgan fingerprint density at radius 3 is 2.30 bits per heavy atom. The molecule has 0 atom stereocenters. The minimum Gasteiger partial charge on any atom is -0.352 e. The van der Waals surface area contributed by atoms with Crippen molar-refractivity contribution in [2.45, 2.75) is 26.4 Å². The number of aryl methyl sites for hydroxylation is 1. The lowest BCUT2D eigenvalue weighted by Crippen LogP contribution is -2.30. The van der Waals surface area contributed by atoms with E-state index in [0.29, 0.717) is 18.7 Å². The summed E-state index contributed by atoms with van der Waals surface area (Å²) in [5.41, 5.74) is 3.47. The van der Waals surface area contributed by atoms with Crippen molar-refractivity contribution in [3.8, 4) is 0 Å². The molecule has 0 aliphatic rings. The van der Waals surface area contributed by atoms with Gasteiger partial charge in [0, 0.05) is 37.3 Å². The fourth-order valence-corrected chi connectivity index (χ4v) is 3.05.